The van der Waals surface area contributed by atoms with Gasteiger partial charge in [-0.2, -0.15) is 4.98 Å². The van der Waals surface area contributed by atoms with Gasteiger partial charge in [0.15, 0.2) is 5.82 Å². The van der Waals surface area contributed by atoms with E-state index in [1.807, 2.05) is 0 Å². The zero-order chi connectivity index (χ0) is 20.4. The molecule has 3 heterocycles. The van der Waals surface area contributed by atoms with Crippen LogP contribution < -0.4 is 5.32 Å². The summed E-state index contributed by atoms with van der Waals surface area (Å²) in [6.07, 6.45) is 1.04. The van der Waals surface area contributed by atoms with Gasteiger partial charge in [0.25, 0.3) is 0 Å². The van der Waals surface area contributed by atoms with Crippen LogP contribution in [0.1, 0.15) is 35.7 Å². The average molecular weight is 397 g/mol. The summed E-state index contributed by atoms with van der Waals surface area (Å²) in [6, 6.07) is 8.52. The Bertz CT molecular complexity index is 896. The van der Waals surface area contributed by atoms with Gasteiger partial charge >= 0.3 is 0 Å². The number of aryl methyl sites for hydroxylation is 1. The van der Waals surface area contributed by atoms with Crippen LogP contribution in [0.3, 0.4) is 0 Å². The van der Waals surface area contributed by atoms with Crippen LogP contribution in [0.25, 0.3) is 0 Å². The van der Waals surface area contributed by atoms with E-state index >= 15 is 0 Å². The molecule has 1 aromatic carbocycles. The Morgan fingerprint density at radius 3 is 2.76 bits per heavy atom. The maximum atomic E-state index is 12.9. The van der Waals surface area contributed by atoms with E-state index in [4.69, 9.17) is 4.52 Å². The summed E-state index contributed by atoms with van der Waals surface area (Å²) >= 11 is 0. The fraction of sp³-hybridized carbons (Fsp3) is 0.524. The maximum Gasteiger partial charge on any atom is 0.232 e. The fourth-order valence-corrected chi connectivity index (χ4v) is 4.25. The number of nitrogens with one attached hydrogen (secondary N) is 1. The van der Waals surface area contributed by atoms with Gasteiger partial charge < -0.3 is 14.7 Å². The molecule has 2 aromatic rings. The van der Waals surface area contributed by atoms with Crippen LogP contribution in [0.15, 0.2) is 28.8 Å². The van der Waals surface area contributed by atoms with E-state index in [9.17, 15) is 9.59 Å². The molecule has 0 spiro atoms. The molecule has 1 saturated heterocycles. The second-order valence-electron chi connectivity index (χ2n) is 7.90. The van der Waals surface area contributed by atoms with E-state index in [-0.39, 0.29) is 23.7 Å². The van der Waals surface area contributed by atoms with E-state index in [2.05, 4.69) is 44.6 Å². The highest BCUT2D eigenvalue weighted by Gasteiger charge is 2.42. The molecule has 0 unspecified atom stereocenters. The monoisotopic (exact) mass is 397 g/mol. The Labute approximate surface area is 170 Å². The van der Waals surface area contributed by atoms with Crippen molar-refractivity contribution in [1.29, 1.82) is 0 Å². The second-order valence-corrected chi connectivity index (χ2v) is 7.90. The third-order valence-corrected chi connectivity index (χ3v) is 5.90. The number of nitrogens with zero attached hydrogens (tertiary/aromatic N) is 4. The smallest absolute Gasteiger partial charge is 0.232 e. The van der Waals surface area contributed by atoms with Gasteiger partial charge in [0, 0.05) is 46.2 Å². The lowest BCUT2D eigenvalue weighted by Gasteiger charge is -2.28. The molecule has 2 aliphatic heterocycles. The first-order valence-corrected chi connectivity index (χ1v) is 10.1. The molecule has 29 heavy (non-hydrogen) atoms. The van der Waals surface area contributed by atoms with Crippen LogP contribution in [0.2, 0.25) is 0 Å². The molecular weight excluding hydrogens is 370 g/mol. The third kappa shape index (κ3) is 4.32. The number of carbonyl (C=O) groups excluding carboxylic acids is 2. The average Bonchev–Trinajstić information content (AvgIpc) is 3.34. The molecule has 154 valence electrons. The molecule has 0 bridgehead atoms. The first kappa shape index (κ1) is 19.6. The molecule has 1 N–H and O–H groups in total. The molecule has 2 atom stereocenters. The lowest BCUT2D eigenvalue weighted by atomic mass is 9.95. The minimum Gasteiger partial charge on any atom is -0.354 e. The van der Waals surface area contributed by atoms with Crippen molar-refractivity contribution in [3.63, 3.8) is 0 Å². The van der Waals surface area contributed by atoms with Gasteiger partial charge in [0.1, 0.15) is 0 Å². The highest BCUT2D eigenvalue weighted by atomic mass is 16.5. The minimum atomic E-state index is -0.374. The number of amides is 2. The van der Waals surface area contributed by atoms with Crippen LogP contribution in [-0.2, 0) is 22.6 Å². The summed E-state index contributed by atoms with van der Waals surface area (Å²) in [4.78, 5) is 33.1. The summed E-state index contributed by atoms with van der Waals surface area (Å²) in [7, 11) is 0. The van der Waals surface area contributed by atoms with Crippen molar-refractivity contribution in [2.75, 3.05) is 32.7 Å². The van der Waals surface area contributed by atoms with E-state index in [1.54, 1.807) is 11.8 Å². The summed E-state index contributed by atoms with van der Waals surface area (Å²) in [5.74, 6) is 0.216. The highest BCUT2D eigenvalue weighted by molar-refractivity contribution is 5.82. The Balaban J connectivity index is 1.34. The maximum absolute atomic E-state index is 12.9. The van der Waals surface area contributed by atoms with Gasteiger partial charge in [-0.05, 0) is 24.5 Å². The number of likely N-dealkylation sites (tertiary alicyclic amines) is 1. The van der Waals surface area contributed by atoms with Gasteiger partial charge in [0.2, 0.25) is 17.7 Å². The largest absolute Gasteiger partial charge is 0.354 e. The predicted molar refractivity (Wildman–Crippen MR) is 106 cm³/mol. The van der Waals surface area contributed by atoms with Crippen molar-refractivity contribution in [3.8, 4) is 0 Å². The molecule has 8 nitrogen and oxygen atoms in total. The first-order valence-electron chi connectivity index (χ1n) is 10.1. The summed E-state index contributed by atoms with van der Waals surface area (Å²) in [5, 5.41) is 6.89. The Morgan fingerprint density at radius 2 is 2.03 bits per heavy atom. The number of fused-ring (bicyclic) bond motifs is 1. The van der Waals surface area contributed by atoms with Gasteiger partial charge in [-0.1, -0.05) is 29.4 Å². The molecule has 1 aromatic heterocycles. The van der Waals surface area contributed by atoms with E-state index in [0.29, 0.717) is 31.3 Å². The Kier molecular flexibility index (Phi) is 5.62. The van der Waals surface area contributed by atoms with Crippen LogP contribution in [0.5, 0.6) is 0 Å². The molecule has 0 radical (unpaired) electrons. The molecule has 2 aliphatic rings. The van der Waals surface area contributed by atoms with Crippen molar-refractivity contribution in [1.82, 2.24) is 25.3 Å². The van der Waals surface area contributed by atoms with Gasteiger partial charge in [-0.3, -0.25) is 14.5 Å². The number of aromatic nitrogens is 2. The number of hydrogen-bond acceptors (Lipinski definition) is 6. The van der Waals surface area contributed by atoms with Crippen molar-refractivity contribution < 1.29 is 14.1 Å². The fourth-order valence-electron chi connectivity index (χ4n) is 4.25. The summed E-state index contributed by atoms with van der Waals surface area (Å²) in [5.41, 5.74) is 2.78. The predicted octanol–water partition coefficient (Wildman–Crippen LogP) is 1.11. The SMILES string of the molecule is CC(=O)N1C[C@@H](C(=O)NCCN2CCc3ccccc3C2)[C@H](c2nc(C)no2)C1. The van der Waals surface area contributed by atoms with Crippen LogP contribution in [0.4, 0.5) is 0 Å². The van der Waals surface area contributed by atoms with Crippen molar-refractivity contribution in [3.05, 3.63) is 47.1 Å². The molecule has 2 amide bonds. The summed E-state index contributed by atoms with van der Waals surface area (Å²) < 4.78 is 5.30. The van der Waals surface area contributed by atoms with Crippen LogP contribution in [0, 0.1) is 12.8 Å². The van der Waals surface area contributed by atoms with Crippen molar-refractivity contribution in [2.45, 2.75) is 32.7 Å². The first-order chi connectivity index (χ1) is 14.0. The van der Waals surface area contributed by atoms with E-state index in [0.717, 1.165) is 26.1 Å². The van der Waals surface area contributed by atoms with E-state index < -0.39 is 0 Å². The molecule has 0 saturated carbocycles. The topological polar surface area (TPSA) is 91.6 Å². The molecular formula is C21H27N5O3. The molecule has 1 fully saturated rings. The van der Waals surface area contributed by atoms with E-state index in [1.165, 1.54) is 18.1 Å². The zero-order valence-electron chi connectivity index (χ0n) is 16.9. The second kappa shape index (κ2) is 8.32. The quantitative estimate of drug-likeness (QED) is 0.813. The highest BCUT2D eigenvalue weighted by Crippen LogP contribution is 2.32. The van der Waals surface area contributed by atoms with Crippen molar-refractivity contribution >= 4 is 11.8 Å². The number of carbonyl (C=O) groups is 2. The number of benzene rings is 1. The normalized spacial score (nSPS) is 21.8. The Hall–Kier alpha value is -2.74. The standard InChI is InChI=1S/C21H27N5O3/c1-14-23-21(29-24-14)19-13-26(15(2)27)12-18(19)20(28)22-8-10-25-9-7-16-5-3-4-6-17(16)11-25/h3-6,18-19H,7-13H2,1-2H3,(H,22,28)/t18-,19-/m1/s1. The Morgan fingerprint density at radius 1 is 1.24 bits per heavy atom. The van der Waals surface area contributed by atoms with Gasteiger partial charge in [-0.25, -0.2) is 0 Å². The molecule has 8 heteroatoms. The van der Waals surface area contributed by atoms with Gasteiger partial charge in [0.05, 0.1) is 11.8 Å². The zero-order valence-corrected chi connectivity index (χ0v) is 16.9. The lowest BCUT2D eigenvalue weighted by Crippen LogP contribution is -2.41. The molecule has 0 aliphatic carbocycles. The number of hydrogen-bond donors (Lipinski definition) is 1. The minimum absolute atomic E-state index is 0.0477. The van der Waals surface area contributed by atoms with Crippen molar-refractivity contribution in [2.24, 2.45) is 5.92 Å². The van der Waals surface area contributed by atoms with Crippen LogP contribution >= 0.6 is 0 Å². The number of rotatable bonds is 5. The van der Waals surface area contributed by atoms with Gasteiger partial charge in [-0.15, -0.1) is 0 Å². The lowest BCUT2D eigenvalue weighted by molar-refractivity contribution is -0.128. The third-order valence-electron chi connectivity index (χ3n) is 5.90. The van der Waals surface area contributed by atoms with Crippen LogP contribution in [-0.4, -0.2) is 64.5 Å². The molecule has 4 rings (SSSR count). The summed E-state index contributed by atoms with van der Waals surface area (Å²) in [6.45, 7) is 7.36.